The van der Waals surface area contributed by atoms with Gasteiger partial charge in [0.1, 0.15) is 6.04 Å². The fraction of sp³-hybridized carbons (Fsp3) is 0.818. The van der Waals surface area contributed by atoms with Gasteiger partial charge in [0.25, 0.3) is 0 Å². The largest absolute Gasteiger partial charge is 0.354 e. The van der Waals surface area contributed by atoms with E-state index in [0.717, 1.165) is 12.8 Å². The highest BCUT2D eigenvalue weighted by Gasteiger charge is 2.27. The lowest BCUT2D eigenvalue weighted by molar-refractivity contribution is -0.131. The lowest BCUT2D eigenvalue weighted by Gasteiger charge is -2.25. The van der Waals surface area contributed by atoms with Gasteiger partial charge in [0.05, 0.1) is 6.04 Å². The van der Waals surface area contributed by atoms with Crippen molar-refractivity contribution >= 4 is 24.2 Å². The number of halogens is 1. The van der Waals surface area contributed by atoms with E-state index in [4.69, 9.17) is 5.73 Å². The number of piperidine rings is 1. The molecule has 1 aliphatic rings. The van der Waals surface area contributed by atoms with Crippen molar-refractivity contribution in [3.63, 3.8) is 0 Å². The fourth-order valence-corrected chi connectivity index (χ4v) is 1.69. The zero-order chi connectivity index (χ0) is 12.1. The van der Waals surface area contributed by atoms with Gasteiger partial charge < -0.3 is 16.4 Å². The number of hydrogen-bond acceptors (Lipinski definition) is 3. The van der Waals surface area contributed by atoms with Crippen molar-refractivity contribution in [1.29, 1.82) is 0 Å². The van der Waals surface area contributed by atoms with E-state index in [2.05, 4.69) is 10.6 Å². The smallest absolute Gasteiger partial charge is 0.242 e. The normalized spacial score (nSPS) is 23.0. The van der Waals surface area contributed by atoms with Gasteiger partial charge in [-0.25, -0.2) is 0 Å². The Hall–Kier alpha value is -0.810. The average molecular weight is 264 g/mol. The number of amides is 2. The maximum atomic E-state index is 11.7. The molecule has 0 aromatic heterocycles. The van der Waals surface area contributed by atoms with Crippen molar-refractivity contribution in [3.8, 4) is 0 Å². The number of nitrogens with two attached hydrogens (primary N) is 1. The number of carbonyl (C=O) groups is 2. The van der Waals surface area contributed by atoms with E-state index in [1.165, 1.54) is 0 Å². The lowest BCUT2D eigenvalue weighted by Crippen LogP contribution is -2.55. The molecular formula is C11H22ClN3O2. The van der Waals surface area contributed by atoms with Gasteiger partial charge in [-0.05, 0) is 18.8 Å². The average Bonchev–Trinajstić information content (AvgIpc) is 2.30. The van der Waals surface area contributed by atoms with Crippen LogP contribution in [0.25, 0.3) is 0 Å². The second kappa shape index (κ2) is 7.50. The Kier molecular flexibility index (Phi) is 7.15. The molecule has 100 valence electrons. The molecule has 1 heterocycles. The van der Waals surface area contributed by atoms with Crippen molar-refractivity contribution in [2.75, 3.05) is 6.54 Å². The van der Waals surface area contributed by atoms with E-state index in [1.54, 1.807) is 0 Å². The maximum absolute atomic E-state index is 11.7. The monoisotopic (exact) mass is 263 g/mol. The first kappa shape index (κ1) is 16.2. The summed E-state index contributed by atoms with van der Waals surface area (Å²) in [5.41, 5.74) is 5.79. The first-order valence-electron chi connectivity index (χ1n) is 5.90. The van der Waals surface area contributed by atoms with Gasteiger partial charge in [0, 0.05) is 6.54 Å². The van der Waals surface area contributed by atoms with Crippen LogP contribution in [0.4, 0.5) is 0 Å². The van der Waals surface area contributed by atoms with Gasteiger partial charge in [-0.1, -0.05) is 20.3 Å². The molecule has 1 rings (SSSR count). The Morgan fingerprint density at radius 1 is 1.65 bits per heavy atom. The molecule has 2 amide bonds. The van der Waals surface area contributed by atoms with Crippen LogP contribution in [-0.2, 0) is 9.59 Å². The summed E-state index contributed by atoms with van der Waals surface area (Å²) in [5, 5.41) is 5.43. The Morgan fingerprint density at radius 2 is 2.29 bits per heavy atom. The van der Waals surface area contributed by atoms with Gasteiger partial charge in [-0.3, -0.25) is 9.59 Å². The molecule has 0 bridgehead atoms. The van der Waals surface area contributed by atoms with E-state index >= 15 is 0 Å². The summed E-state index contributed by atoms with van der Waals surface area (Å²) >= 11 is 0. The summed E-state index contributed by atoms with van der Waals surface area (Å²) in [4.78, 5) is 23.2. The van der Waals surface area contributed by atoms with E-state index < -0.39 is 12.1 Å². The van der Waals surface area contributed by atoms with Crippen LogP contribution in [0.5, 0.6) is 0 Å². The predicted octanol–water partition coefficient (Wildman–Crippen LogP) is 0.176. The van der Waals surface area contributed by atoms with Crippen LogP contribution < -0.4 is 16.4 Å². The van der Waals surface area contributed by atoms with Crippen LogP contribution in [-0.4, -0.2) is 30.4 Å². The highest BCUT2D eigenvalue weighted by atomic mass is 35.5. The Bertz CT molecular complexity index is 273. The summed E-state index contributed by atoms with van der Waals surface area (Å²) in [6.45, 7) is 4.62. The van der Waals surface area contributed by atoms with Crippen LogP contribution in [0.1, 0.15) is 33.1 Å². The summed E-state index contributed by atoms with van der Waals surface area (Å²) < 4.78 is 0. The summed E-state index contributed by atoms with van der Waals surface area (Å²) in [6, 6.07) is -0.934. The third-order valence-electron chi connectivity index (χ3n) is 3.16. The van der Waals surface area contributed by atoms with Crippen molar-refractivity contribution in [2.24, 2.45) is 11.7 Å². The van der Waals surface area contributed by atoms with Crippen LogP contribution in [0.2, 0.25) is 0 Å². The highest BCUT2D eigenvalue weighted by Crippen LogP contribution is 2.07. The van der Waals surface area contributed by atoms with Crippen LogP contribution in [0, 0.1) is 5.92 Å². The molecule has 0 spiro atoms. The molecular weight excluding hydrogens is 242 g/mol. The van der Waals surface area contributed by atoms with Gasteiger partial charge in [0.2, 0.25) is 11.8 Å². The third-order valence-corrected chi connectivity index (χ3v) is 3.16. The van der Waals surface area contributed by atoms with Crippen LogP contribution in [0.15, 0.2) is 0 Å². The lowest BCUT2D eigenvalue weighted by atomic mass is 9.98. The van der Waals surface area contributed by atoms with Gasteiger partial charge in [0.15, 0.2) is 0 Å². The highest BCUT2D eigenvalue weighted by molar-refractivity contribution is 5.90. The Labute approximate surface area is 108 Å². The second-order valence-corrected chi connectivity index (χ2v) is 4.41. The van der Waals surface area contributed by atoms with E-state index in [-0.39, 0.29) is 30.1 Å². The standard InChI is InChI=1S/C11H21N3O2.ClH/c1-3-7(2)9(12)11(16)14-8-5-4-6-13-10(8)15;/h7-9H,3-6,12H2,1-2H3,(H,13,15)(H,14,16);1H. The van der Waals surface area contributed by atoms with Crippen LogP contribution >= 0.6 is 12.4 Å². The number of carbonyl (C=O) groups excluding carboxylic acids is 2. The van der Waals surface area contributed by atoms with Crippen molar-refractivity contribution in [2.45, 2.75) is 45.2 Å². The van der Waals surface area contributed by atoms with E-state index in [9.17, 15) is 9.59 Å². The van der Waals surface area contributed by atoms with Crippen LogP contribution in [0.3, 0.4) is 0 Å². The minimum Gasteiger partial charge on any atom is -0.354 e. The summed E-state index contributed by atoms with van der Waals surface area (Å²) in [7, 11) is 0. The Balaban J connectivity index is 0.00000256. The number of rotatable bonds is 4. The van der Waals surface area contributed by atoms with E-state index in [1.807, 2.05) is 13.8 Å². The van der Waals surface area contributed by atoms with E-state index in [0.29, 0.717) is 13.0 Å². The molecule has 17 heavy (non-hydrogen) atoms. The fourth-order valence-electron chi connectivity index (χ4n) is 1.69. The second-order valence-electron chi connectivity index (χ2n) is 4.41. The van der Waals surface area contributed by atoms with Gasteiger partial charge in [-0.15, -0.1) is 12.4 Å². The van der Waals surface area contributed by atoms with Gasteiger partial charge in [-0.2, -0.15) is 0 Å². The number of hydrogen-bond donors (Lipinski definition) is 3. The maximum Gasteiger partial charge on any atom is 0.242 e. The van der Waals surface area contributed by atoms with Crippen molar-refractivity contribution in [1.82, 2.24) is 10.6 Å². The molecule has 0 radical (unpaired) electrons. The molecule has 1 fully saturated rings. The molecule has 3 atom stereocenters. The first-order valence-corrected chi connectivity index (χ1v) is 5.90. The minimum absolute atomic E-state index is 0. The molecule has 6 heteroatoms. The molecule has 3 unspecified atom stereocenters. The van der Waals surface area contributed by atoms with Crippen molar-refractivity contribution < 1.29 is 9.59 Å². The zero-order valence-electron chi connectivity index (χ0n) is 10.4. The molecule has 1 saturated heterocycles. The van der Waals surface area contributed by atoms with Gasteiger partial charge >= 0.3 is 0 Å². The summed E-state index contributed by atoms with van der Waals surface area (Å²) in [5.74, 6) is -0.195. The zero-order valence-corrected chi connectivity index (χ0v) is 11.2. The Morgan fingerprint density at radius 3 is 2.82 bits per heavy atom. The quantitative estimate of drug-likeness (QED) is 0.676. The molecule has 1 aliphatic heterocycles. The minimum atomic E-state index is -0.528. The molecule has 0 saturated carbocycles. The van der Waals surface area contributed by atoms with Crippen molar-refractivity contribution in [3.05, 3.63) is 0 Å². The molecule has 0 aromatic rings. The molecule has 0 aromatic carbocycles. The summed E-state index contributed by atoms with van der Waals surface area (Å²) in [6.07, 6.45) is 2.45. The molecule has 0 aliphatic carbocycles. The SMILES string of the molecule is CCC(C)C(N)C(=O)NC1CCCNC1=O.Cl. The number of nitrogens with one attached hydrogen (secondary N) is 2. The first-order chi connectivity index (χ1) is 7.56. The molecule has 4 N–H and O–H groups in total. The third kappa shape index (κ3) is 4.52. The predicted molar refractivity (Wildman–Crippen MR) is 68.9 cm³/mol. The topological polar surface area (TPSA) is 84.2 Å². The molecule has 5 nitrogen and oxygen atoms in total.